The molecule has 0 aliphatic carbocycles. The molecule has 21 heavy (non-hydrogen) atoms. The number of hydrogen-bond donors (Lipinski definition) is 0. The lowest BCUT2D eigenvalue weighted by molar-refractivity contribution is 0.151. The molecule has 0 radical (unpaired) electrons. The molecule has 1 fully saturated rings. The molecule has 2 aromatic rings. The van der Waals surface area contributed by atoms with Gasteiger partial charge in [-0.25, -0.2) is 0 Å². The lowest BCUT2D eigenvalue weighted by atomic mass is 9.96. The monoisotopic (exact) mass is 291 g/mol. The van der Waals surface area contributed by atoms with Crippen LogP contribution in [0.15, 0.2) is 16.9 Å². The molecule has 1 saturated heterocycles. The third-order valence-corrected chi connectivity index (χ3v) is 3.87. The molecule has 0 spiro atoms. The summed E-state index contributed by atoms with van der Waals surface area (Å²) >= 11 is 0. The van der Waals surface area contributed by atoms with Gasteiger partial charge in [0.05, 0.1) is 6.20 Å². The average molecular weight is 291 g/mol. The van der Waals surface area contributed by atoms with E-state index in [9.17, 15) is 0 Å². The van der Waals surface area contributed by atoms with Gasteiger partial charge >= 0.3 is 0 Å². The van der Waals surface area contributed by atoms with E-state index >= 15 is 0 Å². The fraction of sp³-hybridized carbons (Fsp3) is 0.643. The molecule has 1 aliphatic heterocycles. The first-order chi connectivity index (χ1) is 10.2. The van der Waals surface area contributed by atoms with Gasteiger partial charge in [-0.2, -0.15) is 10.1 Å². The van der Waals surface area contributed by atoms with Crippen LogP contribution >= 0.6 is 0 Å². The van der Waals surface area contributed by atoms with Gasteiger partial charge in [0.1, 0.15) is 6.61 Å². The van der Waals surface area contributed by atoms with E-state index in [1.54, 1.807) is 7.11 Å². The summed E-state index contributed by atoms with van der Waals surface area (Å²) in [6.07, 6.45) is 6.13. The minimum absolute atomic E-state index is 0.382. The van der Waals surface area contributed by atoms with E-state index in [0.29, 0.717) is 18.4 Å². The van der Waals surface area contributed by atoms with Crippen molar-refractivity contribution in [3.63, 3.8) is 0 Å². The third-order valence-electron chi connectivity index (χ3n) is 3.87. The van der Waals surface area contributed by atoms with E-state index in [2.05, 4.69) is 26.3 Å². The van der Waals surface area contributed by atoms with Gasteiger partial charge in [0.15, 0.2) is 5.82 Å². The van der Waals surface area contributed by atoms with Crippen LogP contribution in [-0.4, -0.2) is 45.0 Å². The highest BCUT2D eigenvalue weighted by Gasteiger charge is 2.24. The van der Waals surface area contributed by atoms with E-state index < -0.39 is 0 Å². The highest BCUT2D eigenvalue weighted by molar-refractivity contribution is 5.04. The Morgan fingerprint density at radius 3 is 2.86 bits per heavy atom. The second-order valence-electron chi connectivity index (χ2n) is 5.55. The van der Waals surface area contributed by atoms with Crippen LogP contribution in [0.5, 0.6) is 0 Å². The Kier molecular flexibility index (Phi) is 4.31. The topological polar surface area (TPSA) is 69.2 Å². The molecule has 3 rings (SSSR count). The van der Waals surface area contributed by atoms with E-state index in [1.165, 1.54) is 5.56 Å². The summed E-state index contributed by atoms with van der Waals surface area (Å²) in [5, 5.41) is 8.28. The lowest BCUT2D eigenvalue weighted by Crippen LogP contribution is -2.32. The second kappa shape index (κ2) is 6.36. The van der Waals surface area contributed by atoms with Gasteiger partial charge < -0.3 is 9.26 Å². The Balaban J connectivity index is 1.52. The van der Waals surface area contributed by atoms with Gasteiger partial charge in [-0.15, -0.1) is 0 Å². The molecule has 7 nitrogen and oxygen atoms in total. The summed E-state index contributed by atoms with van der Waals surface area (Å²) in [5.74, 6) is 1.78. The van der Waals surface area contributed by atoms with Crippen molar-refractivity contribution in [1.29, 1.82) is 0 Å². The first-order valence-electron chi connectivity index (χ1n) is 7.26. The molecule has 3 heterocycles. The molecular formula is C14H21N5O2. The molecule has 0 amide bonds. The summed E-state index contributed by atoms with van der Waals surface area (Å²) < 4.78 is 12.0. The van der Waals surface area contributed by atoms with Gasteiger partial charge in [0, 0.05) is 38.4 Å². The summed E-state index contributed by atoms with van der Waals surface area (Å²) in [7, 11) is 3.57. The minimum Gasteiger partial charge on any atom is -0.375 e. The van der Waals surface area contributed by atoms with E-state index in [1.807, 2.05) is 17.9 Å². The van der Waals surface area contributed by atoms with Crippen molar-refractivity contribution in [2.75, 3.05) is 20.2 Å². The molecule has 7 heteroatoms. The van der Waals surface area contributed by atoms with Crippen LogP contribution in [0.4, 0.5) is 0 Å². The first kappa shape index (κ1) is 14.2. The quantitative estimate of drug-likeness (QED) is 0.828. The first-order valence-corrected chi connectivity index (χ1v) is 7.26. The Hall–Kier alpha value is -1.73. The molecular weight excluding hydrogens is 270 g/mol. The normalized spacial score (nSPS) is 17.4. The molecule has 2 aromatic heterocycles. The van der Waals surface area contributed by atoms with Gasteiger partial charge in [0.2, 0.25) is 0 Å². The number of methoxy groups -OCH3 is 1. The van der Waals surface area contributed by atoms with Crippen LogP contribution in [0.1, 0.15) is 36.0 Å². The molecule has 0 saturated carbocycles. The molecule has 114 valence electrons. The van der Waals surface area contributed by atoms with E-state index in [4.69, 9.17) is 9.26 Å². The number of aryl methyl sites for hydroxylation is 1. The number of likely N-dealkylation sites (tertiary alicyclic amines) is 1. The molecule has 1 aliphatic rings. The van der Waals surface area contributed by atoms with Crippen molar-refractivity contribution >= 4 is 0 Å². The highest BCUT2D eigenvalue weighted by atomic mass is 16.5. The predicted octanol–water partition coefficient (Wildman–Crippen LogP) is 1.33. The molecule has 0 N–H and O–H groups in total. The van der Waals surface area contributed by atoms with Gasteiger partial charge in [-0.05, 0) is 25.9 Å². The van der Waals surface area contributed by atoms with E-state index in [-0.39, 0.29) is 0 Å². The SMILES string of the molecule is COCc1nc(C2CCN(Cc3cnn(C)c3)CC2)no1. The fourth-order valence-corrected chi connectivity index (χ4v) is 2.78. The van der Waals surface area contributed by atoms with Crippen LogP contribution in [-0.2, 0) is 24.9 Å². The lowest BCUT2D eigenvalue weighted by Gasteiger charge is -2.30. The minimum atomic E-state index is 0.382. The maximum atomic E-state index is 5.17. The number of nitrogens with zero attached hydrogens (tertiary/aromatic N) is 5. The summed E-state index contributed by atoms with van der Waals surface area (Å²) in [4.78, 5) is 6.85. The molecule has 0 unspecified atom stereocenters. The highest BCUT2D eigenvalue weighted by Crippen LogP contribution is 2.26. The largest absolute Gasteiger partial charge is 0.375 e. The van der Waals surface area contributed by atoms with Crippen molar-refractivity contribution in [2.24, 2.45) is 7.05 Å². The van der Waals surface area contributed by atoms with Crippen LogP contribution in [0.3, 0.4) is 0 Å². The Morgan fingerprint density at radius 1 is 1.38 bits per heavy atom. The third kappa shape index (κ3) is 3.48. The maximum Gasteiger partial charge on any atom is 0.252 e. The maximum absolute atomic E-state index is 5.17. The average Bonchev–Trinajstić information content (AvgIpc) is 3.10. The standard InChI is InChI=1S/C14H21N5O2/c1-18-8-11(7-15-18)9-19-5-3-12(4-6-19)14-16-13(10-20-2)21-17-14/h7-8,12H,3-6,9-10H2,1-2H3. The van der Waals surface area contributed by atoms with Crippen molar-refractivity contribution in [3.8, 4) is 0 Å². The van der Waals surface area contributed by atoms with E-state index in [0.717, 1.165) is 38.3 Å². The zero-order valence-corrected chi connectivity index (χ0v) is 12.5. The zero-order valence-electron chi connectivity index (χ0n) is 12.5. The number of ether oxygens (including phenoxy) is 1. The van der Waals surface area contributed by atoms with Crippen LogP contribution in [0.2, 0.25) is 0 Å². The number of piperidine rings is 1. The van der Waals surface area contributed by atoms with Crippen molar-refractivity contribution < 1.29 is 9.26 Å². The molecule has 0 atom stereocenters. The number of aromatic nitrogens is 4. The van der Waals surface area contributed by atoms with Gasteiger partial charge in [-0.1, -0.05) is 5.16 Å². The molecule has 0 aromatic carbocycles. The van der Waals surface area contributed by atoms with Crippen LogP contribution in [0.25, 0.3) is 0 Å². The second-order valence-corrected chi connectivity index (χ2v) is 5.55. The number of rotatable bonds is 5. The van der Waals surface area contributed by atoms with Crippen molar-refractivity contribution in [3.05, 3.63) is 29.7 Å². The van der Waals surface area contributed by atoms with Gasteiger partial charge in [-0.3, -0.25) is 9.58 Å². The smallest absolute Gasteiger partial charge is 0.252 e. The number of hydrogen-bond acceptors (Lipinski definition) is 6. The van der Waals surface area contributed by atoms with Crippen LogP contribution < -0.4 is 0 Å². The van der Waals surface area contributed by atoms with Crippen molar-refractivity contribution in [1.82, 2.24) is 24.8 Å². The Labute approximate surface area is 123 Å². The fourth-order valence-electron chi connectivity index (χ4n) is 2.78. The van der Waals surface area contributed by atoms with Crippen LogP contribution in [0, 0.1) is 0 Å². The predicted molar refractivity (Wildman–Crippen MR) is 75.5 cm³/mol. The van der Waals surface area contributed by atoms with Crippen molar-refractivity contribution in [2.45, 2.75) is 31.9 Å². The summed E-state index contributed by atoms with van der Waals surface area (Å²) in [6, 6.07) is 0. The Morgan fingerprint density at radius 2 is 2.19 bits per heavy atom. The molecule has 0 bridgehead atoms. The summed E-state index contributed by atoms with van der Waals surface area (Å²) in [5.41, 5.74) is 1.26. The van der Waals surface area contributed by atoms with Gasteiger partial charge in [0.25, 0.3) is 5.89 Å². The Bertz CT molecular complexity index is 571. The summed E-state index contributed by atoms with van der Waals surface area (Å²) in [6.45, 7) is 3.44. The zero-order chi connectivity index (χ0) is 14.7.